The second-order valence-corrected chi connectivity index (χ2v) is 4.24. The van der Waals surface area contributed by atoms with Gasteiger partial charge in [-0.1, -0.05) is 0 Å². The minimum atomic E-state index is -0.177. The Morgan fingerprint density at radius 3 is 3.06 bits per heavy atom. The molecule has 1 unspecified atom stereocenters. The van der Waals surface area contributed by atoms with Gasteiger partial charge in [0.05, 0.1) is 6.54 Å². The Kier molecular flexibility index (Phi) is 4.17. The Labute approximate surface area is 100 Å². The van der Waals surface area contributed by atoms with E-state index in [9.17, 15) is 4.79 Å². The van der Waals surface area contributed by atoms with Gasteiger partial charge in [0, 0.05) is 19.8 Å². The molecule has 5 heteroatoms. The van der Waals surface area contributed by atoms with Crippen LogP contribution in [0.25, 0.3) is 0 Å². The van der Waals surface area contributed by atoms with Crippen LogP contribution in [0.1, 0.15) is 29.2 Å². The number of rotatable bonds is 5. The molecule has 1 aromatic rings. The maximum atomic E-state index is 11.7. The largest absolute Gasteiger partial charge is 0.455 e. The summed E-state index contributed by atoms with van der Waals surface area (Å²) < 4.78 is 10.5. The summed E-state index contributed by atoms with van der Waals surface area (Å²) in [7, 11) is 0. The normalized spacial score (nSPS) is 19.5. The van der Waals surface area contributed by atoms with Gasteiger partial charge in [-0.25, -0.2) is 0 Å². The van der Waals surface area contributed by atoms with Crippen molar-refractivity contribution >= 4 is 5.91 Å². The van der Waals surface area contributed by atoms with Crippen molar-refractivity contribution in [2.24, 2.45) is 11.7 Å². The van der Waals surface area contributed by atoms with E-state index in [1.54, 1.807) is 12.1 Å². The zero-order valence-electron chi connectivity index (χ0n) is 9.78. The van der Waals surface area contributed by atoms with Crippen molar-refractivity contribution in [3.8, 4) is 0 Å². The van der Waals surface area contributed by atoms with Crippen LogP contribution in [-0.4, -0.2) is 25.7 Å². The summed E-state index contributed by atoms with van der Waals surface area (Å²) in [4.78, 5) is 11.7. The second-order valence-electron chi connectivity index (χ2n) is 4.24. The Morgan fingerprint density at radius 2 is 2.41 bits per heavy atom. The molecule has 0 spiro atoms. The molecule has 1 aliphatic heterocycles. The molecule has 3 N–H and O–H groups in total. The average molecular weight is 238 g/mol. The van der Waals surface area contributed by atoms with E-state index in [1.807, 2.05) is 0 Å². The zero-order chi connectivity index (χ0) is 12.1. The average Bonchev–Trinajstić information content (AvgIpc) is 2.99. The molecule has 94 valence electrons. The topological polar surface area (TPSA) is 77.5 Å². The molecule has 0 aliphatic carbocycles. The van der Waals surface area contributed by atoms with E-state index in [-0.39, 0.29) is 5.91 Å². The van der Waals surface area contributed by atoms with Crippen molar-refractivity contribution in [3.05, 3.63) is 23.7 Å². The Balaban J connectivity index is 1.72. The van der Waals surface area contributed by atoms with Crippen LogP contribution in [0, 0.1) is 5.92 Å². The summed E-state index contributed by atoms with van der Waals surface area (Å²) in [6.07, 6.45) is 2.05. The number of nitrogens with two attached hydrogens (primary N) is 1. The fourth-order valence-electron chi connectivity index (χ4n) is 1.90. The molecule has 1 amide bonds. The highest BCUT2D eigenvalue weighted by atomic mass is 16.5. The molecule has 0 radical (unpaired) electrons. The van der Waals surface area contributed by atoms with Crippen molar-refractivity contribution < 1.29 is 13.9 Å². The van der Waals surface area contributed by atoms with Gasteiger partial charge < -0.3 is 20.2 Å². The molecular weight excluding hydrogens is 220 g/mol. The third-order valence-corrected chi connectivity index (χ3v) is 2.95. The van der Waals surface area contributed by atoms with Gasteiger partial charge in [0.15, 0.2) is 5.76 Å². The number of nitrogens with one attached hydrogen (secondary N) is 1. The quantitative estimate of drug-likeness (QED) is 0.798. The van der Waals surface area contributed by atoms with Gasteiger partial charge in [0.2, 0.25) is 0 Å². The SMILES string of the molecule is NCc1ccc(C(=O)NCCC2CCOC2)o1. The number of carbonyl (C=O) groups is 1. The van der Waals surface area contributed by atoms with Crippen LogP contribution < -0.4 is 11.1 Å². The number of hydrogen-bond donors (Lipinski definition) is 2. The lowest BCUT2D eigenvalue weighted by molar-refractivity contribution is 0.0921. The second kappa shape index (κ2) is 5.84. The van der Waals surface area contributed by atoms with Crippen molar-refractivity contribution in [1.82, 2.24) is 5.32 Å². The third-order valence-electron chi connectivity index (χ3n) is 2.95. The van der Waals surface area contributed by atoms with Gasteiger partial charge in [0.25, 0.3) is 5.91 Å². The van der Waals surface area contributed by atoms with Crippen molar-refractivity contribution in [3.63, 3.8) is 0 Å². The zero-order valence-corrected chi connectivity index (χ0v) is 9.78. The van der Waals surface area contributed by atoms with Crippen molar-refractivity contribution in [2.75, 3.05) is 19.8 Å². The third kappa shape index (κ3) is 3.31. The highest BCUT2D eigenvalue weighted by Gasteiger charge is 2.16. The summed E-state index contributed by atoms with van der Waals surface area (Å²) in [5, 5.41) is 2.83. The van der Waals surface area contributed by atoms with E-state index in [4.69, 9.17) is 14.9 Å². The first-order valence-electron chi connectivity index (χ1n) is 5.94. The summed E-state index contributed by atoms with van der Waals surface area (Å²) >= 11 is 0. The number of furan rings is 1. The molecule has 1 saturated heterocycles. The molecule has 0 saturated carbocycles. The maximum absolute atomic E-state index is 11.7. The molecule has 1 fully saturated rings. The summed E-state index contributed by atoms with van der Waals surface area (Å²) in [5.74, 6) is 1.35. The predicted molar refractivity (Wildman–Crippen MR) is 62.5 cm³/mol. The summed E-state index contributed by atoms with van der Waals surface area (Å²) in [6, 6.07) is 3.37. The fourth-order valence-corrected chi connectivity index (χ4v) is 1.90. The first-order valence-corrected chi connectivity index (χ1v) is 5.94. The number of amides is 1. The van der Waals surface area contributed by atoms with Gasteiger partial charge in [-0.05, 0) is 30.9 Å². The molecule has 2 heterocycles. The van der Waals surface area contributed by atoms with E-state index in [2.05, 4.69) is 5.32 Å². The molecule has 17 heavy (non-hydrogen) atoms. The lowest BCUT2D eigenvalue weighted by Crippen LogP contribution is -2.25. The highest BCUT2D eigenvalue weighted by Crippen LogP contribution is 2.15. The van der Waals surface area contributed by atoms with Crippen LogP contribution in [-0.2, 0) is 11.3 Å². The Morgan fingerprint density at radius 1 is 1.53 bits per heavy atom. The minimum Gasteiger partial charge on any atom is -0.455 e. The van der Waals surface area contributed by atoms with E-state index >= 15 is 0 Å². The first-order chi connectivity index (χ1) is 8.29. The summed E-state index contributed by atoms with van der Waals surface area (Å²) in [5.41, 5.74) is 5.41. The number of hydrogen-bond acceptors (Lipinski definition) is 4. The van der Waals surface area contributed by atoms with Gasteiger partial charge in [0.1, 0.15) is 5.76 Å². The maximum Gasteiger partial charge on any atom is 0.286 e. The molecule has 0 aromatic carbocycles. The van der Waals surface area contributed by atoms with Crippen LogP contribution in [0.3, 0.4) is 0 Å². The molecule has 0 bridgehead atoms. The molecule has 5 nitrogen and oxygen atoms in total. The van der Waals surface area contributed by atoms with Crippen LogP contribution in [0.2, 0.25) is 0 Å². The Hall–Kier alpha value is -1.33. The molecule has 1 aliphatic rings. The first kappa shape index (κ1) is 12.1. The van der Waals surface area contributed by atoms with E-state index in [0.29, 0.717) is 30.5 Å². The monoisotopic (exact) mass is 238 g/mol. The fraction of sp³-hybridized carbons (Fsp3) is 0.583. The van der Waals surface area contributed by atoms with Gasteiger partial charge in [-0.2, -0.15) is 0 Å². The van der Waals surface area contributed by atoms with E-state index in [1.165, 1.54) is 0 Å². The van der Waals surface area contributed by atoms with Crippen LogP contribution in [0.5, 0.6) is 0 Å². The van der Waals surface area contributed by atoms with E-state index in [0.717, 1.165) is 26.1 Å². The van der Waals surface area contributed by atoms with E-state index < -0.39 is 0 Å². The molecule has 1 atom stereocenters. The molecule has 1 aromatic heterocycles. The summed E-state index contributed by atoms with van der Waals surface area (Å²) in [6.45, 7) is 2.63. The minimum absolute atomic E-state index is 0.177. The molecule has 2 rings (SSSR count). The number of carbonyl (C=O) groups excluding carboxylic acids is 1. The van der Waals surface area contributed by atoms with Crippen LogP contribution in [0.4, 0.5) is 0 Å². The lowest BCUT2D eigenvalue weighted by Gasteiger charge is -2.07. The highest BCUT2D eigenvalue weighted by molar-refractivity contribution is 5.91. The standard InChI is InChI=1S/C12H18N2O3/c13-7-10-1-2-11(17-10)12(15)14-5-3-9-4-6-16-8-9/h1-2,9H,3-8,13H2,(H,14,15). The van der Waals surface area contributed by atoms with Gasteiger partial charge in [-0.3, -0.25) is 4.79 Å². The van der Waals surface area contributed by atoms with Gasteiger partial charge >= 0.3 is 0 Å². The Bertz CT molecular complexity index is 370. The van der Waals surface area contributed by atoms with Gasteiger partial charge in [-0.15, -0.1) is 0 Å². The molecular formula is C12H18N2O3. The van der Waals surface area contributed by atoms with Crippen molar-refractivity contribution in [1.29, 1.82) is 0 Å². The number of ether oxygens (including phenoxy) is 1. The lowest BCUT2D eigenvalue weighted by atomic mass is 10.1. The predicted octanol–water partition coefficient (Wildman–Crippen LogP) is 0.895. The smallest absolute Gasteiger partial charge is 0.286 e. The van der Waals surface area contributed by atoms with Crippen LogP contribution in [0.15, 0.2) is 16.5 Å². The van der Waals surface area contributed by atoms with Crippen LogP contribution >= 0.6 is 0 Å². The van der Waals surface area contributed by atoms with Crippen molar-refractivity contribution in [2.45, 2.75) is 19.4 Å².